The van der Waals surface area contributed by atoms with Gasteiger partial charge in [0.15, 0.2) is 0 Å². The second kappa shape index (κ2) is 5.09. The van der Waals surface area contributed by atoms with Crippen molar-refractivity contribution in [2.75, 3.05) is 0 Å². The molecule has 1 aliphatic carbocycles. The predicted octanol–water partition coefficient (Wildman–Crippen LogP) is 1.49. The molecule has 1 aromatic rings. The van der Waals surface area contributed by atoms with Gasteiger partial charge in [-0.05, 0) is 18.8 Å². The van der Waals surface area contributed by atoms with Gasteiger partial charge in [-0.25, -0.2) is 0 Å². The van der Waals surface area contributed by atoms with Gasteiger partial charge in [0, 0.05) is 12.7 Å². The van der Waals surface area contributed by atoms with Crippen LogP contribution in [0.3, 0.4) is 0 Å². The first kappa shape index (κ1) is 11.1. The summed E-state index contributed by atoms with van der Waals surface area (Å²) in [6.07, 6.45) is 8.19. The molecule has 0 spiro atoms. The molecule has 16 heavy (non-hydrogen) atoms. The Morgan fingerprint density at radius 1 is 1.44 bits per heavy atom. The lowest BCUT2D eigenvalue weighted by Crippen LogP contribution is -2.14. The van der Waals surface area contributed by atoms with Gasteiger partial charge in [0.25, 0.3) is 0 Å². The number of rotatable bonds is 4. The van der Waals surface area contributed by atoms with E-state index >= 15 is 0 Å². The van der Waals surface area contributed by atoms with Gasteiger partial charge in [0.2, 0.25) is 0 Å². The zero-order chi connectivity index (χ0) is 11.4. The van der Waals surface area contributed by atoms with Crippen molar-refractivity contribution in [3.63, 3.8) is 0 Å². The molecule has 0 atom stereocenters. The summed E-state index contributed by atoms with van der Waals surface area (Å²) in [5.74, 6) is -0.169. The van der Waals surface area contributed by atoms with Gasteiger partial charge in [-0.2, -0.15) is 0 Å². The maximum absolute atomic E-state index is 10.5. The van der Waals surface area contributed by atoms with E-state index in [1.807, 2.05) is 0 Å². The van der Waals surface area contributed by atoms with Crippen LogP contribution in [0.25, 0.3) is 0 Å². The molecule has 5 heteroatoms. The standard InChI is InChI=1S/C11H17N3O2/c15-11(16)6-10-8-14(13-12-10)7-9-4-2-1-3-5-9/h8-9H,1-7H2,(H,15,16). The number of nitrogens with zero attached hydrogens (tertiary/aromatic N) is 3. The van der Waals surface area contributed by atoms with Crippen LogP contribution in [0.1, 0.15) is 37.8 Å². The summed E-state index contributed by atoms with van der Waals surface area (Å²) in [5.41, 5.74) is 0.545. The van der Waals surface area contributed by atoms with Gasteiger partial charge >= 0.3 is 5.97 Å². The Bertz CT molecular complexity index is 356. The summed E-state index contributed by atoms with van der Waals surface area (Å²) < 4.78 is 1.79. The van der Waals surface area contributed by atoms with Crippen molar-refractivity contribution in [2.24, 2.45) is 5.92 Å². The van der Waals surface area contributed by atoms with E-state index in [4.69, 9.17) is 5.11 Å². The Morgan fingerprint density at radius 3 is 2.88 bits per heavy atom. The normalized spacial score (nSPS) is 17.5. The fraction of sp³-hybridized carbons (Fsp3) is 0.727. The minimum atomic E-state index is -0.857. The van der Waals surface area contributed by atoms with Gasteiger partial charge in [-0.3, -0.25) is 9.48 Å². The van der Waals surface area contributed by atoms with E-state index in [-0.39, 0.29) is 6.42 Å². The zero-order valence-electron chi connectivity index (χ0n) is 9.30. The van der Waals surface area contributed by atoms with Crippen molar-refractivity contribution in [3.8, 4) is 0 Å². The van der Waals surface area contributed by atoms with E-state index in [0.29, 0.717) is 11.6 Å². The molecule has 0 unspecified atom stereocenters. The van der Waals surface area contributed by atoms with Crippen molar-refractivity contribution < 1.29 is 9.90 Å². The fourth-order valence-electron chi connectivity index (χ4n) is 2.30. The molecule has 2 rings (SSSR count). The van der Waals surface area contributed by atoms with Crippen LogP contribution in [-0.4, -0.2) is 26.1 Å². The van der Waals surface area contributed by atoms with Crippen molar-refractivity contribution in [1.29, 1.82) is 0 Å². The number of carboxylic acid groups (broad SMARTS) is 1. The van der Waals surface area contributed by atoms with E-state index in [9.17, 15) is 4.79 Å². The van der Waals surface area contributed by atoms with Crippen molar-refractivity contribution >= 4 is 5.97 Å². The molecule has 0 amide bonds. The molecule has 0 saturated heterocycles. The molecular formula is C11H17N3O2. The molecule has 0 aliphatic heterocycles. The van der Waals surface area contributed by atoms with Crippen molar-refractivity contribution in [3.05, 3.63) is 11.9 Å². The highest BCUT2D eigenvalue weighted by Gasteiger charge is 2.15. The second-order valence-corrected chi connectivity index (χ2v) is 4.51. The summed E-state index contributed by atoms with van der Waals surface area (Å²) >= 11 is 0. The van der Waals surface area contributed by atoms with E-state index in [0.717, 1.165) is 6.54 Å². The van der Waals surface area contributed by atoms with E-state index in [1.165, 1.54) is 32.1 Å². The number of hydrogen-bond donors (Lipinski definition) is 1. The number of aliphatic carboxylic acids is 1. The van der Waals surface area contributed by atoms with Crippen LogP contribution >= 0.6 is 0 Å². The molecule has 1 N–H and O–H groups in total. The quantitative estimate of drug-likeness (QED) is 0.839. The summed E-state index contributed by atoms with van der Waals surface area (Å²) in [7, 11) is 0. The Hall–Kier alpha value is -1.39. The molecule has 0 aromatic carbocycles. The molecule has 5 nitrogen and oxygen atoms in total. The Morgan fingerprint density at radius 2 is 2.19 bits per heavy atom. The van der Waals surface area contributed by atoms with Crippen LogP contribution < -0.4 is 0 Å². The predicted molar refractivity (Wildman–Crippen MR) is 57.9 cm³/mol. The highest BCUT2D eigenvalue weighted by Crippen LogP contribution is 2.24. The monoisotopic (exact) mass is 223 g/mol. The van der Waals surface area contributed by atoms with Crippen LogP contribution in [0.4, 0.5) is 0 Å². The number of aromatic nitrogens is 3. The molecule has 0 bridgehead atoms. The maximum atomic E-state index is 10.5. The Labute approximate surface area is 94.5 Å². The third-order valence-electron chi connectivity index (χ3n) is 3.09. The minimum Gasteiger partial charge on any atom is -0.481 e. The van der Waals surface area contributed by atoms with Crippen LogP contribution in [0, 0.1) is 5.92 Å². The van der Waals surface area contributed by atoms with E-state index in [1.54, 1.807) is 10.9 Å². The van der Waals surface area contributed by atoms with Crippen molar-refractivity contribution in [2.45, 2.75) is 45.1 Å². The minimum absolute atomic E-state index is 0.0370. The molecule has 1 heterocycles. The van der Waals surface area contributed by atoms with E-state index < -0.39 is 5.97 Å². The first-order chi connectivity index (χ1) is 7.74. The van der Waals surface area contributed by atoms with Gasteiger partial charge in [-0.1, -0.05) is 24.5 Å². The second-order valence-electron chi connectivity index (χ2n) is 4.51. The maximum Gasteiger partial charge on any atom is 0.309 e. The van der Waals surface area contributed by atoms with Crippen LogP contribution in [0.15, 0.2) is 6.20 Å². The average Bonchev–Trinajstić information content (AvgIpc) is 2.66. The van der Waals surface area contributed by atoms with Gasteiger partial charge in [0.1, 0.15) is 0 Å². The largest absolute Gasteiger partial charge is 0.481 e. The van der Waals surface area contributed by atoms with E-state index in [2.05, 4.69) is 10.3 Å². The van der Waals surface area contributed by atoms with Crippen LogP contribution in [0.2, 0.25) is 0 Å². The fourth-order valence-corrected chi connectivity index (χ4v) is 2.30. The lowest BCUT2D eigenvalue weighted by molar-refractivity contribution is -0.136. The summed E-state index contributed by atoms with van der Waals surface area (Å²) in [6, 6.07) is 0. The lowest BCUT2D eigenvalue weighted by Gasteiger charge is -2.20. The number of carboxylic acids is 1. The molecule has 1 saturated carbocycles. The third-order valence-corrected chi connectivity index (χ3v) is 3.09. The lowest BCUT2D eigenvalue weighted by atomic mass is 9.89. The van der Waals surface area contributed by atoms with Gasteiger partial charge in [-0.15, -0.1) is 5.10 Å². The highest BCUT2D eigenvalue weighted by atomic mass is 16.4. The first-order valence-electron chi connectivity index (χ1n) is 5.85. The molecule has 0 radical (unpaired) electrons. The topological polar surface area (TPSA) is 68.0 Å². The smallest absolute Gasteiger partial charge is 0.309 e. The SMILES string of the molecule is O=C(O)Cc1cn(CC2CCCCC2)nn1. The zero-order valence-corrected chi connectivity index (χ0v) is 9.30. The molecule has 1 aromatic heterocycles. The third kappa shape index (κ3) is 3.05. The van der Waals surface area contributed by atoms with Crippen LogP contribution in [-0.2, 0) is 17.8 Å². The average molecular weight is 223 g/mol. The number of hydrogen-bond acceptors (Lipinski definition) is 3. The van der Waals surface area contributed by atoms with Crippen molar-refractivity contribution in [1.82, 2.24) is 15.0 Å². The Balaban J connectivity index is 1.88. The van der Waals surface area contributed by atoms with Crippen LogP contribution in [0.5, 0.6) is 0 Å². The Kier molecular flexibility index (Phi) is 3.54. The molecular weight excluding hydrogens is 206 g/mol. The first-order valence-corrected chi connectivity index (χ1v) is 5.85. The molecule has 1 fully saturated rings. The highest BCUT2D eigenvalue weighted by molar-refractivity contribution is 5.69. The summed E-state index contributed by atoms with van der Waals surface area (Å²) in [5, 5.41) is 16.4. The summed E-state index contributed by atoms with van der Waals surface area (Å²) in [4.78, 5) is 10.5. The van der Waals surface area contributed by atoms with Gasteiger partial charge in [0.05, 0.1) is 12.1 Å². The molecule has 88 valence electrons. The number of carbonyl (C=O) groups is 1. The summed E-state index contributed by atoms with van der Waals surface area (Å²) in [6.45, 7) is 0.882. The molecule has 1 aliphatic rings. The van der Waals surface area contributed by atoms with Gasteiger partial charge < -0.3 is 5.11 Å².